The van der Waals surface area contributed by atoms with Gasteiger partial charge in [0.15, 0.2) is 0 Å². The van der Waals surface area contributed by atoms with Gasteiger partial charge in [-0.05, 0) is 23.3 Å². The van der Waals surface area contributed by atoms with Crippen molar-refractivity contribution in [3.63, 3.8) is 0 Å². The summed E-state index contributed by atoms with van der Waals surface area (Å²) >= 11 is 11.9. The molecule has 0 aliphatic heterocycles. The molecule has 0 fully saturated rings. The topological polar surface area (TPSA) is 37.3 Å². The maximum absolute atomic E-state index is 11.0. The van der Waals surface area contributed by atoms with Gasteiger partial charge in [-0.15, -0.1) is 0 Å². The first-order valence-electron chi connectivity index (χ1n) is 5.79. The molecule has 1 atom stereocenters. The summed E-state index contributed by atoms with van der Waals surface area (Å²) in [6.45, 7) is 0. The van der Waals surface area contributed by atoms with Gasteiger partial charge in [0.2, 0.25) is 0 Å². The second-order valence-electron chi connectivity index (χ2n) is 4.23. The van der Waals surface area contributed by atoms with E-state index in [0.29, 0.717) is 10.0 Å². The minimum absolute atomic E-state index is 0.0158. The Hall–Kier alpha value is -1.51. The molecule has 2 nitrogen and oxygen atoms in total. The summed E-state index contributed by atoms with van der Waals surface area (Å²) in [6, 6.07) is 14.7. The normalized spacial score (nSPS) is 12.1. The Bertz CT molecular complexity index is 582. The molecule has 2 rings (SSSR count). The zero-order chi connectivity index (χ0) is 13.8. The largest absolute Gasteiger partial charge is 0.481 e. The van der Waals surface area contributed by atoms with Crippen LogP contribution in [0.15, 0.2) is 48.5 Å². The summed E-state index contributed by atoms with van der Waals surface area (Å²) in [5.41, 5.74) is 1.80. The number of hydrogen-bond acceptors (Lipinski definition) is 1. The molecule has 0 aliphatic carbocycles. The Morgan fingerprint density at radius 2 is 1.68 bits per heavy atom. The van der Waals surface area contributed by atoms with Crippen molar-refractivity contribution in [2.24, 2.45) is 0 Å². The molecule has 0 saturated heterocycles. The van der Waals surface area contributed by atoms with Gasteiger partial charge in [-0.2, -0.15) is 0 Å². The Balaban J connectivity index is 2.42. The van der Waals surface area contributed by atoms with E-state index in [1.54, 1.807) is 12.1 Å². The van der Waals surface area contributed by atoms with Crippen LogP contribution in [0.4, 0.5) is 0 Å². The Labute approximate surface area is 121 Å². The molecule has 19 heavy (non-hydrogen) atoms. The van der Waals surface area contributed by atoms with Crippen LogP contribution >= 0.6 is 23.2 Å². The zero-order valence-corrected chi connectivity index (χ0v) is 11.5. The van der Waals surface area contributed by atoms with E-state index in [1.165, 1.54) is 0 Å². The molecule has 0 heterocycles. The molecule has 0 saturated carbocycles. The third-order valence-electron chi connectivity index (χ3n) is 2.93. The average molecular weight is 295 g/mol. The molecule has 0 aliphatic rings. The number of carboxylic acid groups (broad SMARTS) is 1. The third-order valence-corrected chi connectivity index (χ3v) is 3.67. The molecule has 0 amide bonds. The van der Waals surface area contributed by atoms with E-state index in [9.17, 15) is 4.79 Å². The van der Waals surface area contributed by atoms with Gasteiger partial charge in [-0.1, -0.05) is 59.6 Å². The lowest BCUT2D eigenvalue weighted by Gasteiger charge is -2.16. The van der Waals surface area contributed by atoms with Crippen molar-refractivity contribution in [2.45, 2.75) is 12.3 Å². The molecule has 98 valence electrons. The van der Waals surface area contributed by atoms with Crippen LogP contribution in [0.1, 0.15) is 23.5 Å². The fraction of sp³-hybridized carbons (Fsp3) is 0.133. The molecule has 2 aromatic rings. The molecule has 0 unspecified atom stereocenters. The van der Waals surface area contributed by atoms with E-state index in [4.69, 9.17) is 28.3 Å². The van der Waals surface area contributed by atoms with Gasteiger partial charge in [-0.25, -0.2) is 0 Å². The molecular formula is C15H12Cl2O2. The van der Waals surface area contributed by atoms with Crippen molar-refractivity contribution in [1.82, 2.24) is 0 Å². The monoisotopic (exact) mass is 294 g/mol. The predicted molar refractivity (Wildman–Crippen MR) is 77.0 cm³/mol. The van der Waals surface area contributed by atoms with Crippen LogP contribution in [-0.4, -0.2) is 11.1 Å². The lowest BCUT2D eigenvalue weighted by atomic mass is 9.89. The molecule has 4 heteroatoms. The van der Waals surface area contributed by atoms with Crippen molar-refractivity contribution in [2.75, 3.05) is 0 Å². The van der Waals surface area contributed by atoms with Crippen molar-refractivity contribution in [3.8, 4) is 0 Å². The Kier molecular flexibility index (Phi) is 4.46. The Morgan fingerprint density at radius 1 is 1.00 bits per heavy atom. The summed E-state index contributed by atoms with van der Waals surface area (Å²) < 4.78 is 0. The second-order valence-corrected chi connectivity index (χ2v) is 5.05. The highest BCUT2D eigenvalue weighted by molar-refractivity contribution is 6.42. The highest BCUT2D eigenvalue weighted by Crippen LogP contribution is 2.32. The van der Waals surface area contributed by atoms with E-state index >= 15 is 0 Å². The lowest BCUT2D eigenvalue weighted by molar-refractivity contribution is -0.137. The van der Waals surface area contributed by atoms with Crippen molar-refractivity contribution >= 4 is 29.2 Å². The van der Waals surface area contributed by atoms with E-state index < -0.39 is 5.97 Å². The van der Waals surface area contributed by atoms with Crippen LogP contribution in [0.5, 0.6) is 0 Å². The molecule has 0 aromatic heterocycles. The number of rotatable bonds is 4. The first kappa shape index (κ1) is 13.9. The van der Waals surface area contributed by atoms with Gasteiger partial charge in [0.05, 0.1) is 16.5 Å². The van der Waals surface area contributed by atoms with Gasteiger partial charge in [-0.3, -0.25) is 4.79 Å². The molecular weight excluding hydrogens is 283 g/mol. The zero-order valence-electron chi connectivity index (χ0n) is 10.0. The van der Waals surface area contributed by atoms with Gasteiger partial charge < -0.3 is 5.11 Å². The number of aliphatic carboxylic acids is 1. The number of hydrogen-bond donors (Lipinski definition) is 1. The Morgan fingerprint density at radius 3 is 2.26 bits per heavy atom. The molecule has 0 radical (unpaired) electrons. The van der Waals surface area contributed by atoms with Crippen LogP contribution in [0, 0.1) is 0 Å². The van der Waals surface area contributed by atoms with Gasteiger partial charge >= 0.3 is 5.97 Å². The van der Waals surface area contributed by atoms with Crippen LogP contribution in [0.2, 0.25) is 10.0 Å². The molecule has 1 N–H and O–H groups in total. The minimum atomic E-state index is -0.847. The average Bonchev–Trinajstić information content (AvgIpc) is 2.40. The molecule has 2 aromatic carbocycles. The summed E-state index contributed by atoms with van der Waals surface area (Å²) in [5.74, 6) is -1.08. The van der Waals surface area contributed by atoms with E-state index in [1.807, 2.05) is 36.4 Å². The van der Waals surface area contributed by atoms with Crippen LogP contribution in [-0.2, 0) is 4.79 Å². The quantitative estimate of drug-likeness (QED) is 0.895. The van der Waals surface area contributed by atoms with E-state index in [2.05, 4.69) is 0 Å². The SMILES string of the molecule is O=C(O)C[C@H](c1ccccc1)c1ccc(Cl)c(Cl)c1. The fourth-order valence-electron chi connectivity index (χ4n) is 2.02. The van der Waals surface area contributed by atoms with Crippen molar-refractivity contribution < 1.29 is 9.90 Å². The van der Waals surface area contributed by atoms with Crippen LogP contribution in [0.3, 0.4) is 0 Å². The number of benzene rings is 2. The highest BCUT2D eigenvalue weighted by Gasteiger charge is 2.18. The standard InChI is InChI=1S/C15H12Cl2O2/c16-13-7-6-11(8-14(13)17)12(9-15(18)19)10-4-2-1-3-5-10/h1-8,12H,9H2,(H,18,19)/t12-/m1/s1. The number of carboxylic acids is 1. The van der Waals surface area contributed by atoms with E-state index in [0.717, 1.165) is 11.1 Å². The summed E-state index contributed by atoms with van der Waals surface area (Å²) in [5, 5.41) is 9.97. The maximum Gasteiger partial charge on any atom is 0.304 e. The van der Waals surface area contributed by atoms with Gasteiger partial charge in [0, 0.05) is 5.92 Å². The van der Waals surface area contributed by atoms with Crippen LogP contribution in [0.25, 0.3) is 0 Å². The second kappa shape index (κ2) is 6.09. The van der Waals surface area contributed by atoms with Crippen molar-refractivity contribution in [1.29, 1.82) is 0 Å². The maximum atomic E-state index is 11.0. The molecule has 0 spiro atoms. The van der Waals surface area contributed by atoms with Gasteiger partial charge in [0.1, 0.15) is 0 Å². The summed E-state index contributed by atoms with van der Waals surface area (Å²) in [4.78, 5) is 11.0. The fourth-order valence-corrected chi connectivity index (χ4v) is 2.32. The number of halogens is 2. The van der Waals surface area contributed by atoms with Crippen molar-refractivity contribution in [3.05, 3.63) is 69.7 Å². The minimum Gasteiger partial charge on any atom is -0.481 e. The smallest absolute Gasteiger partial charge is 0.304 e. The lowest BCUT2D eigenvalue weighted by Crippen LogP contribution is -2.08. The first-order valence-corrected chi connectivity index (χ1v) is 6.55. The third kappa shape index (κ3) is 3.49. The number of carbonyl (C=O) groups is 1. The predicted octanol–water partition coefficient (Wildman–Crippen LogP) is 4.60. The molecule has 0 bridgehead atoms. The van der Waals surface area contributed by atoms with E-state index in [-0.39, 0.29) is 12.3 Å². The van der Waals surface area contributed by atoms with Gasteiger partial charge in [0.25, 0.3) is 0 Å². The van der Waals surface area contributed by atoms with Crippen LogP contribution < -0.4 is 0 Å². The summed E-state index contributed by atoms with van der Waals surface area (Å²) in [7, 11) is 0. The first-order chi connectivity index (χ1) is 9.08. The highest BCUT2D eigenvalue weighted by atomic mass is 35.5. The summed E-state index contributed by atoms with van der Waals surface area (Å²) in [6.07, 6.45) is 0.0158.